The van der Waals surface area contributed by atoms with Crippen molar-refractivity contribution in [3.63, 3.8) is 0 Å². The largest absolute Gasteiger partial charge is 0.469 e. The number of methoxy groups -OCH3 is 1. The highest BCUT2D eigenvalue weighted by Gasteiger charge is 2.46. The van der Waals surface area contributed by atoms with E-state index in [1.54, 1.807) is 0 Å². The predicted molar refractivity (Wildman–Crippen MR) is 48.9 cm³/mol. The minimum Gasteiger partial charge on any atom is -0.469 e. The third-order valence-electron chi connectivity index (χ3n) is 3.76. The molecule has 74 valence electrons. The number of carbonyl (C=O) groups is 1. The van der Waals surface area contributed by atoms with E-state index in [4.69, 9.17) is 10.5 Å². The SMILES string of the molecule is COC(=O)C1CCC(N)C2CCC12. The van der Waals surface area contributed by atoms with Crippen LogP contribution in [0, 0.1) is 17.8 Å². The van der Waals surface area contributed by atoms with Crippen LogP contribution in [0.25, 0.3) is 0 Å². The Labute approximate surface area is 78.6 Å². The van der Waals surface area contributed by atoms with E-state index in [1.165, 1.54) is 13.5 Å². The van der Waals surface area contributed by atoms with Crippen molar-refractivity contribution in [1.82, 2.24) is 0 Å². The number of carbonyl (C=O) groups excluding carboxylic acids is 1. The molecule has 2 saturated carbocycles. The molecule has 0 bridgehead atoms. The highest BCUT2D eigenvalue weighted by atomic mass is 16.5. The van der Waals surface area contributed by atoms with Gasteiger partial charge in [-0.25, -0.2) is 0 Å². The molecule has 0 aromatic rings. The number of nitrogens with two attached hydrogens (primary N) is 1. The summed E-state index contributed by atoms with van der Waals surface area (Å²) >= 11 is 0. The number of rotatable bonds is 1. The van der Waals surface area contributed by atoms with Gasteiger partial charge in [0.15, 0.2) is 0 Å². The second kappa shape index (κ2) is 3.29. The maximum Gasteiger partial charge on any atom is 0.308 e. The van der Waals surface area contributed by atoms with Crippen molar-refractivity contribution in [2.45, 2.75) is 31.7 Å². The van der Waals surface area contributed by atoms with Gasteiger partial charge in [-0.15, -0.1) is 0 Å². The maximum absolute atomic E-state index is 11.4. The Morgan fingerprint density at radius 1 is 1.23 bits per heavy atom. The zero-order valence-corrected chi connectivity index (χ0v) is 8.03. The summed E-state index contributed by atoms with van der Waals surface area (Å²) in [5.41, 5.74) is 5.97. The van der Waals surface area contributed by atoms with Crippen molar-refractivity contribution in [3.05, 3.63) is 0 Å². The van der Waals surface area contributed by atoms with Gasteiger partial charge in [-0.3, -0.25) is 4.79 Å². The highest BCUT2D eigenvalue weighted by Crippen LogP contribution is 2.47. The number of esters is 1. The summed E-state index contributed by atoms with van der Waals surface area (Å²) < 4.78 is 4.80. The average molecular weight is 183 g/mol. The molecule has 13 heavy (non-hydrogen) atoms. The Morgan fingerprint density at radius 3 is 2.46 bits per heavy atom. The van der Waals surface area contributed by atoms with E-state index in [0.717, 1.165) is 19.3 Å². The zero-order chi connectivity index (χ0) is 9.42. The molecule has 0 aromatic heterocycles. The van der Waals surface area contributed by atoms with Gasteiger partial charge >= 0.3 is 5.97 Å². The fraction of sp³-hybridized carbons (Fsp3) is 0.900. The molecule has 3 heteroatoms. The van der Waals surface area contributed by atoms with Crippen LogP contribution in [-0.4, -0.2) is 19.1 Å². The van der Waals surface area contributed by atoms with Gasteiger partial charge in [0.2, 0.25) is 0 Å². The lowest BCUT2D eigenvalue weighted by Gasteiger charge is -2.48. The first-order valence-corrected chi connectivity index (χ1v) is 5.07. The van der Waals surface area contributed by atoms with Gasteiger partial charge < -0.3 is 10.5 Å². The van der Waals surface area contributed by atoms with Crippen LogP contribution in [0.15, 0.2) is 0 Å². The zero-order valence-electron chi connectivity index (χ0n) is 8.03. The van der Waals surface area contributed by atoms with E-state index < -0.39 is 0 Å². The highest BCUT2D eigenvalue weighted by molar-refractivity contribution is 5.73. The molecule has 2 aliphatic carbocycles. The van der Waals surface area contributed by atoms with Crippen LogP contribution in [0.5, 0.6) is 0 Å². The Hall–Kier alpha value is -0.570. The van der Waals surface area contributed by atoms with Crippen molar-refractivity contribution >= 4 is 5.97 Å². The first kappa shape index (κ1) is 9.00. The molecule has 2 N–H and O–H groups in total. The van der Waals surface area contributed by atoms with Gasteiger partial charge in [-0.05, 0) is 37.5 Å². The summed E-state index contributed by atoms with van der Waals surface area (Å²) in [5.74, 6) is 1.24. The third kappa shape index (κ3) is 1.35. The van der Waals surface area contributed by atoms with Crippen molar-refractivity contribution < 1.29 is 9.53 Å². The van der Waals surface area contributed by atoms with Crippen LogP contribution in [-0.2, 0) is 9.53 Å². The molecule has 0 spiro atoms. The normalized spacial score (nSPS) is 43.2. The summed E-state index contributed by atoms with van der Waals surface area (Å²) in [4.78, 5) is 11.4. The van der Waals surface area contributed by atoms with E-state index in [-0.39, 0.29) is 11.9 Å². The molecule has 4 atom stereocenters. The number of hydrogen-bond donors (Lipinski definition) is 1. The molecule has 0 heterocycles. The Morgan fingerprint density at radius 2 is 1.92 bits per heavy atom. The summed E-state index contributed by atoms with van der Waals surface area (Å²) in [5, 5.41) is 0. The van der Waals surface area contributed by atoms with E-state index >= 15 is 0 Å². The second-order valence-corrected chi connectivity index (χ2v) is 4.28. The summed E-state index contributed by atoms with van der Waals surface area (Å²) in [7, 11) is 1.48. The van der Waals surface area contributed by atoms with E-state index in [1.807, 2.05) is 0 Å². The molecule has 4 unspecified atom stereocenters. The number of ether oxygens (including phenoxy) is 1. The van der Waals surface area contributed by atoms with Crippen LogP contribution in [0.4, 0.5) is 0 Å². The molecular formula is C10H17NO2. The van der Waals surface area contributed by atoms with Gasteiger partial charge in [0.1, 0.15) is 0 Å². The van der Waals surface area contributed by atoms with Crippen molar-refractivity contribution in [3.8, 4) is 0 Å². The average Bonchev–Trinajstić information content (AvgIpc) is 2.06. The lowest BCUT2D eigenvalue weighted by Crippen LogP contribution is -2.50. The Balaban J connectivity index is 2.03. The number of hydrogen-bond acceptors (Lipinski definition) is 3. The molecule has 0 aliphatic heterocycles. The third-order valence-corrected chi connectivity index (χ3v) is 3.76. The molecule has 0 amide bonds. The molecular weight excluding hydrogens is 166 g/mol. The molecule has 0 aromatic carbocycles. The predicted octanol–water partition coefficient (Wildman–Crippen LogP) is 0.923. The molecule has 3 nitrogen and oxygen atoms in total. The monoisotopic (exact) mass is 183 g/mol. The second-order valence-electron chi connectivity index (χ2n) is 4.28. The van der Waals surface area contributed by atoms with Crippen molar-refractivity contribution in [1.29, 1.82) is 0 Å². The van der Waals surface area contributed by atoms with Gasteiger partial charge in [0.05, 0.1) is 13.0 Å². The van der Waals surface area contributed by atoms with Gasteiger partial charge in [0.25, 0.3) is 0 Å². The van der Waals surface area contributed by atoms with E-state index in [0.29, 0.717) is 17.9 Å². The Kier molecular flexibility index (Phi) is 2.28. The first-order valence-electron chi connectivity index (χ1n) is 5.07. The van der Waals surface area contributed by atoms with Crippen molar-refractivity contribution in [2.75, 3.05) is 7.11 Å². The lowest BCUT2D eigenvalue weighted by atomic mass is 9.58. The van der Waals surface area contributed by atoms with Gasteiger partial charge in [0, 0.05) is 6.04 Å². The van der Waals surface area contributed by atoms with E-state index in [2.05, 4.69) is 0 Å². The Bertz CT molecular complexity index is 217. The quantitative estimate of drug-likeness (QED) is 0.615. The molecule has 2 rings (SSSR count). The smallest absolute Gasteiger partial charge is 0.308 e. The van der Waals surface area contributed by atoms with E-state index in [9.17, 15) is 4.79 Å². The van der Waals surface area contributed by atoms with Crippen LogP contribution in [0.1, 0.15) is 25.7 Å². The standard InChI is InChI=1S/C10H17NO2/c1-13-10(12)8-4-5-9(11)7-3-2-6(7)8/h6-9H,2-5,11H2,1H3. The van der Waals surface area contributed by atoms with Crippen LogP contribution in [0.3, 0.4) is 0 Å². The maximum atomic E-state index is 11.4. The van der Waals surface area contributed by atoms with Crippen LogP contribution >= 0.6 is 0 Å². The topological polar surface area (TPSA) is 52.3 Å². The lowest BCUT2D eigenvalue weighted by molar-refractivity contribution is -0.153. The molecule has 0 saturated heterocycles. The summed E-state index contributed by atoms with van der Waals surface area (Å²) in [6.45, 7) is 0. The molecule has 0 radical (unpaired) electrons. The summed E-state index contributed by atoms with van der Waals surface area (Å²) in [6.07, 6.45) is 4.29. The van der Waals surface area contributed by atoms with Crippen LogP contribution in [0.2, 0.25) is 0 Å². The minimum atomic E-state index is -0.0263. The minimum absolute atomic E-state index is 0.0263. The van der Waals surface area contributed by atoms with Gasteiger partial charge in [-0.2, -0.15) is 0 Å². The summed E-state index contributed by atoms with van der Waals surface area (Å²) in [6, 6.07) is 0.333. The first-order chi connectivity index (χ1) is 6.24. The molecule has 2 aliphatic rings. The van der Waals surface area contributed by atoms with Gasteiger partial charge in [-0.1, -0.05) is 0 Å². The number of fused-ring (bicyclic) bond motifs is 1. The fourth-order valence-corrected chi connectivity index (χ4v) is 2.83. The fourth-order valence-electron chi connectivity index (χ4n) is 2.83. The van der Waals surface area contributed by atoms with Crippen molar-refractivity contribution in [2.24, 2.45) is 23.5 Å². The van der Waals surface area contributed by atoms with Crippen LogP contribution < -0.4 is 5.73 Å². The molecule has 2 fully saturated rings.